The lowest BCUT2D eigenvalue weighted by molar-refractivity contribution is 0.396. The molecule has 1 aromatic rings. The summed E-state index contributed by atoms with van der Waals surface area (Å²) < 4.78 is 0. The predicted octanol–water partition coefficient (Wildman–Crippen LogP) is 4.47. The lowest BCUT2D eigenvalue weighted by Crippen LogP contribution is -2.37. The summed E-state index contributed by atoms with van der Waals surface area (Å²) in [5, 5.41) is 4.47. The Bertz CT molecular complexity index is 431. The van der Waals surface area contributed by atoms with Gasteiger partial charge in [-0.2, -0.15) is 0 Å². The van der Waals surface area contributed by atoms with Crippen LogP contribution in [0.15, 0.2) is 24.3 Å². The SMILES string of the molecule is CC(C)(C)NCC1C(c2cccc(Cl)c2)C1(C)C. The molecule has 1 aliphatic carbocycles. The number of hydrogen-bond donors (Lipinski definition) is 1. The van der Waals surface area contributed by atoms with Crippen LogP contribution in [0, 0.1) is 11.3 Å². The molecule has 1 aliphatic rings. The Balaban J connectivity index is 2.07. The fourth-order valence-corrected chi connectivity index (χ4v) is 3.10. The second kappa shape index (κ2) is 4.54. The fourth-order valence-electron chi connectivity index (χ4n) is 2.90. The van der Waals surface area contributed by atoms with E-state index in [4.69, 9.17) is 11.6 Å². The Kier molecular flexibility index (Phi) is 3.50. The standard InChI is InChI=1S/C16H24ClN/c1-15(2,3)18-10-13-14(16(13,4)5)11-7-6-8-12(17)9-11/h6-9,13-14,18H,10H2,1-5H3. The molecule has 1 N–H and O–H groups in total. The van der Waals surface area contributed by atoms with Gasteiger partial charge >= 0.3 is 0 Å². The van der Waals surface area contributed by atoms with E-state index in [1.807, 2.05) is 6.07 Å². The first-order valence-corrected chi connectivity index (χ1v) is 7.10. The van der Waals surface area contributed by atoms with Crippen molar-refractivity contribution in [1.82, 2.24) is 5.32 Å². The van der Waals surface area contributed by atoms with Gasteiger partial charge in [-0.1, -0.05) is 37.6 Å². The third kappa shape index (κ3) is 2.89. The van der Waals surface area contributed by atoms with Crippen LogP contribution in [-0.4, -0.2) is 12.1 Å². The predicted molar refractivity (Wildman–Crippen MR) is 79.2 cm³/mol. The minimum Gasteiger partial charge on any atom is -0.312 e. The first-order chi connectivity index (χ1) is 8.22. The first-order valence-electron chi connectivity index (χ1n) is 6.72. The quantitative estimate of drug-likeness (QED) is 0.850. The molecule has 1 saturated carbocycles. The van der Waals surface area contributed by atoms with Crippen molar-refractivity contribution in [3.8, 4) is 0 Å². The van der Waals surface area contributed by atoms with Gasteiger partial charge in [0.2, 0.25) is 0 Å². The van der Waals surface area contributed by atoms with Gasteiger partial charge in [-0.05, 0) is 62.3 Å². The molecular formula is C16H24ClN. The van der Waals surface area contributed by atoms with Gasteiger partial charge in [0.15, 0.2) is 0 Å². The van der Waals surface area contributed by atoms with Crippen LogP contribution >= 0.6 is 11.6 Å². The Morgan fingerprint density at radius 2 is 1.94 bits per heavy atom. The van der Waals surface area contributed by atoms with Gasteiger partial charge in [-0.3, -0.25) is 0 Å². The lowest BCUT2D eigenvalue weighted by Gasteiger charge is -2.21. The van der Waals surface area contributed by atoms with Gasteiger partial charge in [0.25, 0.3) is 0 Å². The largest absolute Gasteiger partial charge is 0.312 e. The van der Waals surface area contributed by atoms with Crippen LogP contribution in [0.4, 0.5) is 0 Å². The third-order valence-corrected chi connectivity index (χ3v) is 4.35. The molecule has 18 heavy (non-hydrogen) atoms. The van der Waals surface area contributed by atoms with Gasteiger partial charge in [0.1, 0.15) is 0 Å². The van der Waals surface area contributed by atoms with Gasteiger partial charge in [0, 0.05) is 10.6 Å². The van der Waals surface area contributed by atoms with E-state index in [-0.39, 0.29) is 5.54 Å². The van der Waals surface area contributed by atoms with E-state index in [0.29, 0.717) is 17.3 Å². The zero-order valence-corrected chi connectivity index (χ0v) is 12.8. The summed E-state index contributed by atoms with van der Waals surface area (Å²) >= 11 is 6.09. The highest BCUT2D eigenvalue weighted by Gasteiger charge is 2.57. The van der Waals surface area contributed by atoms with Crippen LogP contribution in [0.1, 0.15) is 46.1 Å². The summed E-state index contributed by atoms with van der Waals surface area (Å²) in [5.41, 5.74) is 1.95. The third-order valence-electron chi connectivity index (χ3n) is 4.11. The summed E-state index contributed by atoms with van der Waals surface area (Å²) in [7, 11) is 0. The maximum Gasteiger partial charge on any atom is 0.0408 e. The molecule has 1 fully saturated rings. The molecule has 0 bridgehead atoms. The molecule has 100 valence electrons. The Morgan fingerprint density at radius 1 is 1.28 bits per heavy atom. The molecular weight excluding hydrogens is 242 g/mol. The number of rotatable bonds is 3. The van der Waals surface area contributed by atoms with Crippen molar-refractivity contribution in [2.75, 3.05) is 6.54 Å². The maximum absolute atomic E-state index is 6.09. The van der Waals surface area contributed by atoms with Crippen molar-refractivity contribution in [2.24, 2.45) is 11.3 Å². The second-order valence-corrected chi connectivity index (χ2v) is 7.53. The molecule has 0 spiro atoms. The molecule has 1 aromatic carbocycles. The molecule has 1 nitrogen and oxygen atoms in total. The molecule has 2 heteroatoms. The van der Waals surface area contributed by atoms with Crippen LogP contribution in [0.25, 0.3) is 0 Å². The molecule has 0 heterocycles. The fraction of sp³-hybridized carbons (Fsp3) is 0.625. The Labute approximate surface area is 116 Å². The highest BCUT2D eigenvalue weighted by molar-refractivity contribution is 6.30. The smallest absolute Gasteiger partial charge is 0.0408 e. The van der Waals surface area contributed by atoms with E-state index in [0.717, 1.165) is 11.6 Å². The number of benzene rings is 1. The van der Waals surface area contributed by atoms with Gasteiger partial charge in [-0.15, -0.1) is 0 Å². The lowest BCUT2D eigenvalue weighted by atomic mass is 10.0. The molecule has 0 amide bonds. The molecule has 2 atom stereocenters. The van der Waals surface area contributed by atoms with Crippen molar-refractivity contribution in [1.29, 1.82) is 0 Å². The molecule has 2 unspecified atom stereocenters. The molecule has 0 saturated heterocycles. The van der Waals surface area contributed by atoms with Crippen LogP contribution in [-0.2, 0) is 0 Å². The molecule has 0 aliphatic heterocycles. The molecule has 0 aromatic heterocycles. The van der Waals surface area contributed by atoms with Crippen LogP contribution in [0.2, 0.25) is 5.02 Å². The zero-order chi connectivity index (χ0) is 13.6. The summed E-state index contributed by atoms with van der Waals surface area (Å²) in [4.78, 5) is 0. The van der Waals surface area contributed by atoms with Crippen molar-refractivity contribution in [3.05, 3.63) is 34.9 Å². The minimum atomic E-state index is 0.192. The van der Waals surface area contributed by atoms with Crippen LogP contribution < -0.4 is 5.32 Å². The average Bonchev–Trinajstić information content (AvgIpc) is 2.76. The van der Waals surface area contributed by atoms with E-state index < -0.39 is 0 Å². The summed E-state index contributed by atoms with van der Waals surface area (Å²) in [6, 6.07) is 8.32. The van der Waals surface area contributed by atoms with Gasteiger partial charge in [0.05, 0.1) is 0 Å². The van der Waals surface area contributed by atoms with Crippen molar-refractivity contribution < 1.29 is 0 Å². The summed E-state index contributed by atoms with van der Waals surface area (Å²) in [6.45, 7) is 12.4. The highest BCUT2D eigenvalue weighted by atomic mass is 35.5. The van der Waals surface area contributed by atoms with E-state index in [1.54, 1.807) is 0 Å². The van der Waals surface area contributed by atoms with Gasteiger partial charge in [-0.25, -0.2) is 0 Å². The van der Waals surface area contributed by atoms with Crippen molar-refractivity contribution in [2.45, 2.75) is 46.1 Å². The van der Waals surface area contributed by atoms with E-state index >= 15 is 0 Å². The topological polar surface area (TPSA) is 12.0 Å². The van der Waals surface area contributed by atoms with Crippen molar-refractivity contribution in [3.63, 3.8) is 0 Å². The number of nitrogens with one attached hydrogen (secondary N) is 1. The van der Waals surface area contributed by atoms with E-state index in [1.165, 1.54) is 5.56 Å². The molecule has 0 radical (unpaired) electrons. The van der Waals surface area contributed by atoms with E-state index in [2.05, 4.69) is 58.1 Å². The highest BCUT2D eigenvalue weighted by Crippen LogP contribution is 2.64. The minimum absolute atomic E-state index is 0.192. The average molecular weight is 266 g/mol. The molecule has 2 rings (SSSR count). The normalized spacial score (nSPS) is 26.1. The number of hydrogen-bond acceptors (Lipinski definition) is 1. The second-order valence-electron chi connectivity index (χ2n) is 7.09. The van der Waals surface area contributed by atoms with Crippen LogP contribution in [0.3, 0.4) is 0 Å². The first kappa shape index (κ1) is 13.9. The summed E-state index contributed by atoms with van der Waals surface area (Å²) in [6.07, 6.45) is 0. The Morgan fingerprint density at radius 3 is 2.50 bits per heavy atom. The maximum atomic E-state index is 6.09. The Hall–Kier alpha value is -0.530. The zero-order valence-electron chi connectivity index (χ0n) is 12.0. The monoisotopic (exact) mass is 265 g/mol. The number of halogens is 1. The van der Waals surface area contributed by atoms with Crippen molar-refractivity contribution >= 4 is 11.6 Å². The van der Waals surface area contributed by atoms with E-state index in [9.17, 15) is 0 Å². The van der Waals surface area contributed by atoms with Gasteiger partial charge < -0.3 is 5.32 Å². The summed E-state index contributed by atoms with van der Waals surface area (Å²) in [5.74, 6) is 1.33. The van der Waals surface area contributed by atoms with Crippen LogP contribution in [0.5, 0.6) is 0 Å².